The molecule has 4 atom stereocenters. The van der Waals surface area contributed by atoms with Gasteiger partial charge in [0.25, 0.3) is 0 Å². The average Bonchev–Trinajstić information content (AvgIpc) is 3.59. The fraction of sp³-hybridized carbons (Fsp3) is 0.455. The second kappa shape index (κ2) is 17.3. The van der Waals surface area contributed by atoms with E-state index in [1.165, 1.54) is 6.92 Å². The molecular weight excluding hydrogens is 729 g/mol. The van der Waals surface area contributed by atoms with Crippen LogP contribution >= 0.6 is 0 Å². The Morgan fingerprint density at radius 1 is 0.882 bits per heavy atom. The predicted octanol–water partition coefficient (Wildman–Crippen LogP) is 3.02. The minimum absolute atomic E-state index is 0.0125. The number of nitrogens with zero attached hydrogens (tertiary/aromatic N) is 2. The number of carbonyl (C=O) groups excluding carboxylic acids is 1. The standard InChI is InChI=1S/C33H48N2O12Si4/c1-29(2)32(36)42-21-12-24-50(39)45-48(37,23-11-20-40-25-33(3)26-41-27-33)44-49(38,22-10-18-35-19-17-34-28-35)46-51(47-50,31-15-8-5-9-16-31)43-30-13-6-4-7-14-30/h4-9,13-17,19,28,37-39H,1,10-12,18,20-27H2,2-3H3. The van der Waals surface area contributed by atoms with Crippen LogP contribution in [0.4, 0.5) is 0 Å². The molecule has 0 aliphatic carbocycles. The zero-order valence-corrected chi connectivity index (χ0v) is 33.1. The van der Waals surface area contributed by atoms with E-state index in [4.69, 9.17) is 35.1 Å². The minimum atomic E-state index is -4.53. The summed E-state index contributed by atoms with van der Waals surface area (Å²) in [6.45, 7) is 9.62. The monoisotopic (exact) mass is 776 g/mol. The lowest BCUT2D eigenvalue weighted by Crippen LogP contribution is -2.76. The highest BCUT2D eigenvalue weighted by Gasteiger charge is 2.67. The first kappa shape index (κ1) is 39.4. The Hall–Kier alpha value is -2.83. The van der Waals surface area contributed by atoms with Gasteiger partial charge >= 0.3 is 41.2 Å². The molecular formula is C33H48N2O12Si4. The lowest BCUT2D eigenvalue weighted by Gasteiger charge is -2.46. The van der Waals surface area contributed by atoms with Crippen LogP contribution in [0.15, 0.2) is 91.5 Å². The van der Waals surface area contributed by atoms with Crippen LogP contribution in [0.2, 0.25) is 18.1 Å². The molecule has 2 saturated heterocycles. The molecule has 14 nitrogen and oxygen atoms in total. The van der Waals surface area contributed by atoms with Crippen molar-refractivity contribution >= 4 is 46.4 Å². The van der Waals surface area contributed by atoms with Gasteiger partial charge in [0.2, 0.25) is 0 Å². The molecule has 4 unspecified atom stereocenters. The number of esters is 1. The van der Waals surface area contributed by atoms with Gasteiger partial charge in [-0.25, -0.2) is 9.78 Å². The van der Waals surface area contributed by atoms with Crippen LogP contribution in [0, 0.1) is 5.41 Å². The maximum atomic E-state index is 12.4. The molecule has 0 bridgehead atoms. The molecule has 3 aromatic rings. The van der Waals surface area contributed by atoms with Crippen LogP contribution < -0.4 is 9.61 Å². The number of hydrogen-bond donors (Lipinski definition) is 3. The van der Waals surface area contributed by atoms with Crippen molar-refractivity contribution in [1.29, 1.82) is 0 Å². The first-order chi connectivity index (χ1) is 24.3. The Morgan fingerprint density at radius 2 is 1.47 bits per heavy atom. The molecule has 0 radical (unpaired) electrons. The van der Waals surface area contributed by atoms with E-state index in [9.17, 15) is 19.2 Å². The Kier molecular flexibility index (Phi) is 13.4. The first-order valence-electron chi connectivity index (χ1n) is 17.0. The Morgan fingerprint density at radius 3 is 2.04 bits per heavy atom. The number of imidazole rings is 1. The van der Waals surface area contributed by atoms with Gasteiger partial charge in [0.1, 0.15) is 5.75 Å². The van der Waals surface area contributed by atoms with Crippen LogP contribution in [0.25, 0.3) is 0 Å². The van der Waals surface area contributed by atoms with Crippen molar-refractivity contribution in [3.63, 3.8) is 0 Å². The van der Waals surface area contributed by atoms with Crippen molar-refractivity contribution in [3.8, 4) is 5.75 Å². The number of carbonyl (C=O) groups is 1. The van der Waals surface area contributed by atoms with Gasteiger partial charge in [-0.1, -0.05) is 62.0 Å². The molecule has 0 spiro atoms. The Bertz CT molecular complexity index is 1560. The third kappa shape index (κ3) is 11.3. The number of aryl methyl sites for hydroxylation is 1. The van der Waals surface area contributed by atoms with Crippen molar-refractivity contribution in [2.45, 2.75) is 57.8 Å². The van der Waals surface area contributed by atoms with Gasteiger partial charge in [-0.15, -0.1) is 0 Å². The van der Waals surface area contributed by atoms with E-state index in [0.717, 1.165) is 0 Å². The summed E-state index contributed by atoms with van der Waals surface area (Å²) >= 11 is 0. The summed E-state index contributed by atoms with van der Waals surface area (Å²) in [4.78, 5) is 53.1. The van der Waals surface area contributed by atoms with Crippen LogP contribution in [0.1, 0.15) is 33.1 Å². The normalized spacial score (nSPS) is 27.5. The summed E-state index contributed by atoms with van der Waals surface area (Å²) in [7, 11) is -17.8. The van der Waals surface area contributed by atoms with Crippen LogP contribution in [0.5, 0.6) is 5.75 Å². The average molecular weight is 777 g/mol. The van der Waals surface area contributed by atoms with Gasteiger partial charge in [0.05, 0.1) is 32.8 Å². The number of hydrogen-bond acceptors (Lipinski definition) is 13. The van der Waals surface area contributed by atoms with Gasteiger partial charge in [0, 0.05) is 59.9 Å². The fourth-order valence-corrected chi connectivity index (χ4v) is 21.7. The largest absolute Gasteiger partial charge is 0.588 e. The zero-order valence-electron chi connectivity index (χ0n) is 29.1. The van der Waals surface area contributed by atoms with Gasteiger partial charge in [-0.05, 0) is 38.3 Å². The molecule has 2 aliphatic rings. The quantitative estimate of drug-likeness (QED) is 0.0747. The number of aromatic nitrogens is 2. The molecule has 0 saturated carbocycles. The summed E-state index contributed by atoms with van der Waals surface area (Å²) < 4.78 is 51.0. The van der Waals surface area contributed by atoms with Gasteiger partial charge in [0.15, 0.2) is 0 Å². The minimum Gasteiger partial charge on any atom is -0.498 e. The SMILES string of the molecule is C=C(C)C(=O)OCCC[Si]1(O)O[Si](O)(CCCOCC2(C)COC2)O[Si](O)(CCCn2ccnc2)O[Si](Oc2ccccc2)(c2ccccc2)O1. The van der Waals surface area contributed by atoms with Crippen molar-refractivity contribution in [1.82, 2.24) is 9.55 Å². The number of para-hydroxylation sites is 1. The highest BCUT2D eigenvalue weighted by Crippen LogP contribution is 2.36. The van der Waals surface area contributed by atoms with E-state index in [1.807, 2.05) is 16.7 Å². The molecule has 0 amide bonds. The van der Waals surface area contributed by atoms with Crippen LogP contribution in [0.3, 0.4) is 0 Å². The first-order valence-corrected chi connectivity index (χ1v) is 24.7. The van der Waals surface area contributed by atoms with E-state index >= 15 is 0 Å². The van der Waals surface area contributed by atoms with Crippen LogP contribution in [-0.4, -0.2) is 98.2 Å². The number of ether oxygens (including phenoxy) is 3. The lowest BCUT2D eigenvalue weighted by atomic mass is 9.90. The number of rotatable bonds is 18. The highest BCUT2D eigenvalue weighted by molar-refractivity contribution is 6.92. The molecule has 2 fully saturated rings. The van der Waals surface area contributed by atoms with E-state index < -0.39 is 41.2 Å². The maximum absolute atomic E-state index is 12.4. The van der Waals surface area contributed by atoms with Gasteiger partial charge in [-0.3, -0.25) is 0 Å². The van der Waals surface area contributed by atoms with E-state index in [-0.39, 0.29) is 48.8 Å². The van der Waals surface area contributed by atoms with Crippen molar-refractivity contribution in [2.24, 2.45) is 5.41 Å². The Balaban J connectivity index is 1.47. The van der Waals surface area contributed by atoms with Gasteiger partial charge < -0.3 is 54.1 Å². The predicted molar refractivity (Wildman–Crippen MR) is 193 cm³/mol. The molecule has 18 heteroatoms. The third-order valence-corrected chi connectivity index (χ3v) is 22.5. The second-order valence-electron chi connectivity index (χ2n) is 13.3. The lowest BCUT2D eigenvalue weighted by molar-refractivity contribution is -0.139. The van der Waals surface area contributed by atoms with E-state index in [0.29, 0.717) is 50.1 Å². The topological polar surface area (TPSA) is 169 Å². The summed E-state index contributed by atoms with van der Waals surface area (Å²) in [5, 5.41) is 0.440. The molecule has 5 rings (SSSR count). The Labute approximate surface area is 303 Å². The summed E-state index contributed by atoms with van der Waals surface area (Å²) in [6.07, 6.45) is 5.96. The molecule has 2 aromatic carbocycles. The molecule has 278 valence electrons. The van der Waals surface area contributed by atoms with Crippen molar-refractivity contribution in [2.75, 3.05) is 33.0 Å². The summed E-state index contributed by atoms with van der Waals surface area (Å²) in [5.41, 5.74) is 0.175. The van der Waals surface area contributed by atoms with Crippen LogP contribution in [-0.2, 0) is 42.0 Å². The molecule has 2 aliphatic heterocycles. The summed E-state index contributed by atoms with van der Waals surface area (Å²) in [6, 6.07) is 17.4. The molecule has 51 heavy (non-hydrogen) atoms. The maximum Gasteiger partial charge on any atom is 0.588 e. The van der Waals surface area contributed by atoms with E-state index in [1.54, 1.807) is 67.3 Å². The molecule has 3 heterocycles. The fourth-order valence-electron chi connectivity index (χ4n) is 5.55. The van der Waals surface area contributed by atoms with E-state index in [2.05, 4.69) is 18.5 Å². The molecule has 1 aromatic heterocycles. The molecule has 3 N–H and O–H groups in total. The van der Waals surface area contributed by atoms with Gasteiger partial charge in [-0.2, -0.15) is 0 Å². The summed E-state index contributed by atoms with van der Waals surface area (Å²) in [5.74, 6) is -0.208. The smallest absolute Gasteiger partial charge is 0.498 e. The third-order valence-electron chi connectivity index (χ3n) is 8.17. The number of benzene rings is 2. The second-order valence-corrected chi connectivity index (χ2v) is 24.2. The zero-order chi connectivity index (χ0) is 36.4. The highest BCUT2D eigenvalue weighted by atomic mass is 28.6. The van der Waals surface area contributed by atoms with Crippen molar-refractivity contribution < 1.29 is 54.3 Å². The van der Waals surface area contributed by atoms with Crippen molar-refractivity contribution in [3.05, 3.63) is 91.5 Å².